The van der Waals surface area contributed by atoms with Gasteiger partial charge in [-0.25, -0.2) is 13.1 Å². The van der Waals surface area contributed by atoms with E-state index in [1.807, 2.05) is 6.92 Å². The Morgan fingerprint density at radius 1 is 1.38 bits per heavy atom. The van der Waals surface area contributed by atoms with Gasteiger partial charge in [0.15, 0.2) is 0 Å². The van der Waals surface area contributed by atoms with Crippen LogP contribution >= 0.6 is 0 Å². The molecule has 0 fully saturated rings. The van der Waals surface area contributed by atoms with Crippen molar-refractivity contribution in [1.82, 2.24) is 4.72 Å². The van der Waals surface area contributed by atoms with Gasteiger partial charge in [0.1, 0.15) is 0 Å². The van der Waals surface area contributed by atoms with Gasteiger partial charge in [-0.3, -0.25) is 4.79 Å². The van der Waals surface area contributed by atoms with Gasteiger partial charge >= 0.3 is 0 Å². The summed E-state index contributed by atoms with van der Waals surface area (Å²) in [7, 11) is -2.19. The minimum atomic E-state index is -3.54. The molecule has 4 N–H and O–H groups in total. The topological polar surface area (TPSA) is 101 Å². The number of rotatable bonds is 7. The third kappa shape index (κ3) is 4.80. The Bertz CT molecular complexity index is 595. The molecule has 0 bridgehead atoms. The lowest BCUT2D eigenvalue weighted by atomic mass is 10.0. The Morgan fingerprint density at radius 2 is 2.05 bits per heavy atom. The average molecular weight is 313 g/mol. The van der Waals surface area contributed by atoms with Gasteiger partial charge in [-0.1, -0.05) is 19.4 Å². The lowest BCUT2D eigenvalue weighted by Crippen LogP contribution is -2.22. The molecule has 0 radical (unpaired) electrons. The maximum Gasteiger partial charge on any atom is 0.240 e. The first-order chi connectivity index (χ1) is 9.83. The summed E-state index contributed by atoms with van der Waals surface area (Å²) in [4.78, 5) is 12.1. The standard InChI is InChI=1S/C14H23N3O3S/c1-4-11(9-15)7-14(18)17-12-6-5-10(2)13(8-12)21(19,20)16-3/h5-6,8,11,16H,4,7,9,15H2,1-3H3,(H,17,18). The van der Waals surface area contributed by atoms with Crippen LogP contribution in [0.25, 0.3) is 0 Å². The van der Waals surface area contributed by atoms with Gasteiger partial charge in [-0.05, 0) is 44.1 Å². The maximum absolute atomic E-state index is 11.9. The van der Waals surface area contributed by atoms with E-state index in [0.29, 0.717) is 24.2 Å². The van der Waals surface area contributed by atoms with Crippen LogP contribution in [0.4, 0.5) is 5.69 Å². The van der Waals surface area contributed by atoms with Gasteiger partial charge in [-0.2, -0.15) is 0 Å². The number of carbonyl (C=O) groups excluding carboxylic acids is 1. The summed E-state index contributed by atoms with van der Waals surface area (Å²) >= 11 is 0. The first-order valence-corrected chi connectivity index (χ1v) is 8.36. The Hall–Kier alpha value is -1.44. The van der Waals surface area contributed by atoms with Gasteiger partial charge in [0.05, 0.1) is 4.90 Å². The van der Waals surface area contributed by atoms with E-state index in [1.54, 1.807) is 19.1 Å². The van der Waals surface area contributed by atoms with Crippen LogP contribution in [0.3, 0.4) is 0 Å². The van der Waals surface area contributed by atoms with Gasteiger partial charge < -0.3 is 11.1 Å². The van der Waals surface area contributed by atoms with Crippen molar-refractivity contribution in [3.8, 4) is 0 Å². The summed E-state index contributed by atoms with van der Waals surface area (Å²) in [6.45, 7) is 4.14. The first kappa shape index (κ1) is 17.6. The molecule has 0 saturated heterocycles. The third-order valence-corrected chi connectivity index (χ3v) is 4.97. The SMILES string of the molecule is CCC(CN)CC(=O)Nc1ccc(C)c(S(=O)(=O)NC)c1. The second-order valence-corrected chi connectivity index (χ2v) is 6.81. The minimum absolute atomic E-state index is 0.135. The molecule has 1 atom stereocenters. The Balaban J connectivity index is 2.91. The Morgan fingerprint density at radius 3 is 2.57 bits per heavy atom. The quantitative estimate of drug-likeness (QED) is 0.704. The van der Waals surface area contributed by atoms with E-state index in [4.69, 9.17) is 5.73 Å². The molecule has 1 aromatic carbocycles. The van der Waals surface area contributed by atoms with E-state index in [2.05, 4.69) is 10.0 Å². The smallest absolute Gasteiger partial charge is 0.240 e. The highest BCUT2D eigenvalue weighted by atomic mass is 32.2. The Kier molecular flexibility index (Phi) is 6.32. The number of benzene rings is 1. The predicted molar refractivity (Wildman–Crippen MR) is 83.5 cm³/mol. The van der Waals surface area contributed by atoms with E-state index in [1.165, 1.54) is 13.1 Å². The number of nitrogens with one attached hydrogen (secondary N) is 2. The molecule has 6 nitrogen and oxygen atoms in total. The van der Waals surface area contributed by atoms with Gasteiger partial charge in [0, 0.05) is 12.1 Å². The number of carbonyl (C=O) groups is 1. The zero-order valence-corrected chi connectivity index (χ0v) is 13.5. The number of amides is 1. The summed E-state index contributed by atoms with van der Waals surface area (Å²) in [5, 5.41) is 2.72. The van der Waals surface area contributed by atoms with Crippen LogP contribution in [0.5, 0.6) is 0 Å². The number of anilines is 1. The summed E-state index contributed by atoms with van der Waals surface area (Å²) in [5.41, 5.74) is 6.66. The molecule has 1 rings (SSSR count). The molecule has 0 aliphatic rings. The molecule has 0 aromatic heterocycles. The zero-order chi connectivity index (χ0) is 16.0. The average Bonchev–Trinajstić information content (AvgIpc) is 2.46. The molecule has 1 amide bonds. The minimum Gasteiger partial charge on any atom is -0.330 e. The molecule has 118 valence electrons. The second kappa shape index (κ2) is 7.53. The maximum atomic E-state index is 11.9. The first-order valence-electron chi connectivity index (χ1n) is 6.88. The van der Waals surface area contributed by atoms with Crippen LogP contribution in [0.1, 0.15) is 25.3 Å². The van der Waals surface area contributed by atoms with E-state index in [9.17, 15) is 13.2 Å². The van der Waals surface area contributed by atoms with Crippen LogP contribution in [-0.2, 0) is 14.8 Å². The van der Waals surface area contributed by atoms with E-state index < -0.39 is 10.0 Å². The number of hydrogen-bond donors (Lipinski definition) is 3. The van der Waals surface area contributed by atoms with Crippen LogP contribution in [0, 0.1) is 12.8 Å². The van der Waals surface area contributed by atoms with Crippen LogP contribution < -0.4 is 15.8 Å². The van der Waals surface area contributed by atoms with Crippen molar-refractivity contribution >= 4 is 21.6 Å². The van der Waals surface area contributed by atoms with Crippen LogP contribution in [-0.4, -0.2) is 27.9 Å². The van der Waals surface area contributed by atoms with Crippen molar-refractivity contribution < 1.29 is 13.2 Å². The molecule has 0 aliphatic carbocycles. The molecular formula is C14H23N3O3S. The largest absolute Gasteiger partial charge is 0.330 e. The summed E-state index contributed by atoms with van der Waals surface area (Å²) in [6.07, 6.45) is 1.16. The fourth-order valence-corrected chi connectivity index (χ4v) is 2.94. The van der Waals surface area contributed by atoms with Gasteiger partial charge in [-0.15, -0.1) is 0 Å². The van der Waals surface area contributed by atoms with Crippen molar-refractivity contribution in [1.29, 1.82) is 0 Å². The van der Waals surface area contributed by atoms with E-state index in [0.717, 1.165) is 6.42 Å². The molecule has 7 heteroatoms. The summed E-state index contributed by atoms with van der Waals surface area (Å²) in [5.74, 6) is -0.0279. The molecule has 1 aromatic rings. The summed E-state index contributed by atoms with van der Waals surface area (Å²) in [6, 6.07) is 4.81. The molecule has 21 heavy (non-hydrogen) atoms. The summed E-state index contributed by atoms with van der Waals surface area (Å²) < 4.78 is 26.1. The number of hydrogen-bond acceptors (Lipinski definition) is 4. The van der Waals surface area contributed by atoms with Crippen molar-refractivity contribution in [2.24, 2.45) is 11.7 Å². The molecule has 0 heterocycles. The molecular weight excluding hydrogens is 290 g/mol. The second-order valence-electron chi connectivity index (χ2n) is 4.95. The zero-order valence-electron chi connectivity index (χ0n) is 12.6. The van der Waals surface area contributed by atoms with Crippen molar-refractivity contribution in [3.05, 3.63) is 23.8 Å². The number of nitrogens with two attached hydrogens (primary N) is 1. The van der Waals surface area contributed by atoms with E-state index >= 15 is 0 Å². The van der Waals surface area contributed by atoms with E-state index in [-0.39, 0.29) is 16.7 Å². The number of aryl methyl sites for hydroxylation is 1. The van der Waals surface area contributed by atoms with Gasteiger partial charge in [0.2, 0.25) is 15.9 Å². The molecule has 0 aliphatic heterocycles. The lowest BCUT2D eigenvalue weighted by Gasteiger charge is -2.13. The van der Waals surface area contributed by atoms with Crippen molar-refractivity contribution in [2.75, 3.05) is 18.9 Å². The lowest BCUT2D eigenvalue weighted by molar-refractivity contribution is -0.117. The Labute approximate surface area is 126 Å². The fourth-order valence-electron chi connectivity index (χ4n) is 1.95. The van der Waals surface area contributed by atoms with Gasteiger partial charge in [0.25, 0.3) is 0 Å². The van der Waals surface area contributed by atoms with Crippen LogP contribution in [0.2, 0.25) is 0 Å². The fraction of sp³-hybridized carbons (Fsp3) is 0.500. The highest BCUT2D eigenvalue weighted by Crippen LogP contribution is 2.20. The number of sulfonamides is 1. The normalized spacial score (nSPS) is 13.0. The monoisotopic (exact) mass is 313 g/mol. The molecule has 1 unspecified atom stereocenters. The van der Waals surface area contributed by atoms with Crippen molar-refractivity contribution in [2.45, 2.75) is 31.6 Å². The predicted octanol–water partition coefficient (Wildman–Crippen LogP) is 1.22. The molecule has 0 spiro atoms. The highest BCUT2D eigenvalue weighted by Gasteiger charge is 2.16. The highest BCUT2D eigenvalue weighted by molar-refractivity contribution is 7.89. The molecule has 0 saturated carbocycles. The van der Waals surface area contributed by atoms with Crippen molar-refractivity contribution in [3.63, 3.8) is 0 Å². The third-order valence-electron chi connectivity index (χ3n) is 3.41. The van der Waals surface area contributed by atoms with Crippen LogP contribution in [0.15, 0.2) is 23.1 Å².